The van der Waals surface area contributed by atoms with Crippen LogP contribution >= 0.6 is 0 Å². The predicted molar refractivity (Wildman–Crippen MR) is 169 cm³/mol. The highest BCUT2D eigenvalue weighted by molar-refractivity contribution is 4.97. The Balaban J connectivity index is 1.50. The van der Waals surface area contributed by atoms with E-state index in [1.165, 1.54) is 0 Å². The molecule has 0 unspecified atom stereocenters. The van der Waals surface area contributed by atoms with Gasteiger partial charge in [0.25, 0.3) is 0 Å². The quantitative estimate of drug-likeness (QED) is 0.0574. The molecule has 26 nitrogen and oxygen atoms in total. The van der Waals surface area contributed by atoms with Gasteiger partial charge in [0.1, 0.15) is 122 Å². The maximum Gasteiger partial charge on any atom is 0.187 e. The van der Waals surface area contributed by atoms with E-state index in [0.29, 0.717) is 0 Å². The Bertz CT molecular complexity index is 1160. The summed E-state index contributed by atoms with van der Waals surface area (Å²) in [6.07, 6.45) is -44.3. The third kappa shape index (κ3) is 10.5. The monoisotopic (exact) mass is 830 g/mol. The number of rotatable bonds is 19. The maximum absolute atomic E-state index is 11.3. The van der Waals surface area contributed by atoms with Crippen LogP contribution in [-0.2, 0) is 37.9 Å². The second-order valence-electron chi connectivity index (χ2n) is 13.8. The van der Waals surface area contributed by atoms with Crippen molar-refractivity contribution in [2.24, 2.45) is 0 Å². The van der Waals surface area contributed by atoms with Crippen LogP contribution in [0.15, 0.2) is 0 Å². The van der Waals surface area contributed by atoms with Gasteiger partial charge in [-0.3, -0.25) is 0 Å². The lowest BCUT2D eigenvalue weighted by molar-refractivity contribution is -0.328. The predicted octanol–water partition coefficient (Wildman–Crippen LogP) is -12.3. The lowest BCUT2D eigenvalue weighted by Gasteiger charge is -2.41. The van der Waals surface area contributed by atoms with E-state index in [9.17, 15) is 86.8 Å². The van der Waals surface area contributed by atoms with Crippen molar-refractivity contribution in [3.63, 3.8) is 0 Å². The molecule has 4 fully saturated rings. The molecular formula is C30H54O26. The maximum atomic E-state index is 11.3. The number of aliphatic hydroxyl groups excluding tert-OH is 18. The lowest BCUT2D eigenvalue weighted by atomic mass is 9.99. The summed E-state index contributed by atoms with van der Waals surface area (Å²) in [5, 5.41) is 183. The fraction of sp³-hybridized carbons (Fsp3) is 1.00. The molecule has 4 saturated heterocycles. The van der Waals surface area contributed by atoms with Gasteiger partial charge in [0.05, 0.1) is 39.6 Å². The first-order valence-corrected chi connectivity index (χ1v) is 17.5. The van der Waals surface area contributed by atoms with Gasteiger partial charge >= 0.3 is 0 Å². The van der Waals surface area contributed by atoms with Gasteiger partial charge in [0, 0.05) is 0 Å². The molecule has 24 atom stereocenters. The molecule has 0 amide bonds. The average Bonchev–Trinajstić information content (AvgIpc) is 3.68. The summed E-state index contributed by atoms with van der Waals surface area (Å²) in [5.74, 6) is 0. The largest absolute Gasteiger partial charge is 0.394 e. The fourth-order valence-electron chi connectivity index (χ4n) is 6.43. The van der Waals surface area contributed by atoms with Crippen molar-refractivity contribution >= 4 is 0 Å². The normalized spacial score (nSPS) is 45.3. The van der Waals surface area contributed by atoms with Gasteiger partial charge in [0.15, 0.2) is 25.2 Å². The van der Waals surface area contributed by atoms with Crippen LogP contribution in [0.3, 0.4) is 0 Å². The van der Waals surface area contributed by atoms with Gasteiger partial charge in [-0.2, -0.15) is 0 Å². The van der Waals surface area contributed by atoms with Crippen LogP contribution in [0.2, 0.25) is 0 Å². The molecule has 4 aliphatic heterocycles. The molecule has 330 valence electrons. The summed E-state index contributed by atoms with van der Waals surface area (Å²) >= 11 is 0. The number of ether oxygens (including phenoxy) is 8. The number of aliphatic hydroxyl groups is 18. The molecule has 0 aromatic carbocycles. The van der Waals surface area contributed by atoms with Crippen LogP contribution in [0, 0.1) is 0 Å². The Morgan fingerprint density at radius 1 is 0.411 bits per heavy atom. The van der Waals surface area contributed by atoms with E-state index >= 15 is 0 Å². The highest BCUT2D eigenvalue weighted by Gasteiger charge is 2.55. The molecule has 4 rings (SSSR count). The molecule has 0 spiro atoms. The Kier molecular flexibility index (Phi) is 17.8. The smallest absolute Gasteiger partial charge is 0.187 e. The minimum absolute atomic E-state index is 0.837. The van der Waals surface area contributed by atoms with Crippen LogP contribution < -0.4 is 0 Å². The number of hydrogen-bond donors (Lipinski definition) is 18. The standard InChI is InChI=1S/C30H54O26/c31-1-7(35)13(39)14(40)9(37)5-49-29-26(56-28-20(46)18(44)16(42)12(4-34)52-28)22(48)24(54-29)10(38)6-50-30-25(21(47)23(53-30)8(36)2-32)55-27-19(45)17(43)15(41)11(3-33)51-27/h7-48H,1-6H2/t7-,8+,9+,10+,11+,12+,13+,14-,15+,16+,17-,18-,19+,20+,21-,22-,23-,24-,25+,26+,27+,28+,29+,30+/m0/s1. The van der Waals surface area contributed by atoms with E-state index in [4.69, 9.17) is 43.0 Å². The van der Waals surface area contributed by atoms with E-state index in [-0.39, 0.29) is 0 Å². The minimum atomic E-state index is -2.11. The molecule has 0 bridgehead atoms. The van der Waals surface area contributed by atoms with Crippen LogP contribution in [-0.4, -0.2) is 279 Å². The average molecular weight is 831 g/mol. The summed E-state index contributed by atoms with van der Waals surface area (Å²) in [5.41, 5.74) is 0. The zero-order chi connectivity index (χ0) is 41.8. The molecule has 56 heavy (non-hydrogen) atoms. The SMILES string of the molecule is OC[C@@H](O)[C@@H]1O[C@@H](OC[C@@H](O)[C@@H]2O[C@@H](OC[C@@H](O)[C@H](O)[C@H](O)[C@@H](O)CO)[C@H](O[C@H]3O[C@H](CO)[C@@H](O)[C@H](O)[C@H]3O)[C@H]2O)[C@H](O[C@H]2O[C@H](CO)[C@@H](O)[C@H](O)[C@H]2O)[C@H]1O. The summed E-state index contributed by atoms with van der Waals surface area (Å²) in [6.45, 7) is -5.47. The van der Waals surface area contributed by atoms with E-state index in [1.807, 2.05) is 0 Å². The van der Waals surface area contributed by atoms with Crippen LogP contribution in [0.4, 0.5) is 0 Å². The van der Waals surface area contributed by atoms with Crippen LogP contribution in [0.5, 0.6) is 0 Å². The zero-order valence-electron chi connectivity index (χ0n) is 29.4. The Morgan fingerprint density at radius 3 is 1.23 bits per heavy atom. The molecule has 18 N–H and O–H groups in total. The van der Waals surface area contributed by atoms with Crippen molar-refractivity contribution < 1.29 is 130 Å². The highest BCUT2D eigenvalue weighted by Crippen LogP contribution is 2.34. The Morgan fingerprint density at radius 2 is 0.821 bits per heavy atom. The molecule has 0 aromatic heterocycles. The van der Waals surface area contributed by atoms with Gasteiger partial charge in [-0.05, 0) is 0 Å². The van der Waals surface area contributed by atoms with E-state index in [2.05, 4.69) is 0 Å². The lowest BCUT2D eigenvalue weighted by Crippen LogP contribution is -2.60. The van der Waals surface area contributed by atoms with Crippen molar-refractivity contribution in [1.29, 1.82) is 0 Å². The summed E-state index contributed by atoms with van der Waals surface area (Å²) in [7, 11) is 0. The van der Waals surface area contributed by atoms with Gasteiger partial charge < -0.3 is 130 Å². The van der Waals surface area contributed by atoms with Crippen molar-refractivity contribution in [1.82, 2.24) is 0 Å². The van der Waals surface area contributed by atoms with Gasteiger partial charge in [-0.15, -0.1) is 0 Å². The summed E-state index contributed by atoms with van der Waals surface area (Å²) in [6, 6.07) is 0. The molecule has 4 aliphatic rings. The first-order valence-electron chi connectivity index (χ1n) is 17.5. The Hall–Kier alpha value is -1.04. The second kappa shape index (κ2) is 21.0. The summed E-state index contributed by atoms with van der Waals surface area (Å²) < 4.78 is 43.9. The molecule has 4 heterocycles. The van der Waals surface area contributed by atoms with Crippen molar-refractivity contribution in [2.45, 2.75) is 147 Å². The van der Waals surface area contributed by atoms with E-state index < -0.39 is 187 Å². The van der Waals surface area contributed by atoms with Crippen molar-refractivity contribution in [3.05, 3.63) is 0 Å². The minimum Gasteiger partial charge on any atom is -0.394 e. The van der Waals surface area contributed by atoms with Crippen LogP contribution in [0.1, 0.15) is 0 Å². The zero-order valence-corrected chi connectivity index (χ0v) is 29.4. The molecular weight excluding hydrogens is 776 g/mol. The van der Waals surface area contributed by atoms with Gasteiger partial charge in [0.2, 0.25) is 0 Å². The van der Waals surface area contributed by atoms with Crippen LogP contribution in [0.25, 0.3) is 0 Å². The number of hydrogen-bond acceptors (Lipinski definition) is 26. The summed E-state index contributed by atoms with van der Waals surface area (Å²) in [4.78, 5) is 0. The topological polar surface area (TPSA) is 438 Å². The van der Waals surface area contributed by atoms with E-state index in [0.717, 1.165) is 0 Å². The molecule has 0 saturated carbocycles. The molecule has 0 aliphatic carbocycles. The fourth-order valence-corrected chi connectivity index (χ4v) is 6.43. The molecule has 26 heteroatoms. The second-order valence-corrected chi connectivity index (χ2v) is 13.8. The molecule has 0 radical (unpaired) electrons. The van der Waals surface area contributed by atoms with Gasteiger partial charge in [-0.1, -0.05) is 0 Å². The first kappa shape index (κ1) is 47.6. The molecule has 0 aromatic rings. The first-order chi connectivity index (χ1) is 26.4. The third-order valence-electron chi connectivity index (χ3n) is 9.88. The van der Waals surface area contributed by atoms with E-state index in [1.54, 1.807) is 0 Å². The highest BCUT2D eigenvalue weighted by atomic mass is 16.8. The third-order valence-corrected chi connectivity index (χ3v) is 9.88. The van der Waals surface area contributed by atoms with Crippen molar-refractivity contribution in [3.8, 4) is 0 Å². The Labute approximate surface area is 317 Å². The van der Waals surface area contributed by atoms with Gasteiger partial charge in [-0.25, -0.2) is 0 Å². The van der Waals surface area contributed by atoms with Crippen molar-refractivity contribution in [2.75, 3.05) is 39.6 Å².